The van der Waals surface area contributed by atoms with Crippen molar-refractivity contribution in [3.63, 3.8) is 0 Å². The number of ether oxygens (including phenoxy) is 1. The summed E-state index contributed by atoms with van der Waals surface area (Å²) in [6.07, 6.45) is 7.98. The van der Waals surface area contributed by atoms with Gasteiger partial charge in [-0.3, -0.25) is 4.79 Å². The van der Waals surface area contributed by atoms with Crippen LogP contribution in [0.4, 0.5) is 5.13 Å². The number of aryl methyl sites for hydroxylation is 1. The van der Waals surface area contributed by atoms with Gasteiger partial charge in [0.05, 0.1) is 12.7 Å². The van der Waals surface area contributed by atoms with Crippen LogP contribution >= 0.6 is 11.3 Å². The number of fused-ring (bicyclic) bond motifs is 5. The number of aromatic nitrogens is 1. The number of anilines is 1. The highest BCUT2D eigenvalue weighted by atomic mass is 32.1. The van der Waals surface area contributed by atoms with Crippen LogP contribution < -0.4 is 10.8 Å². The van der Waals surface area contributed by atoms with Crippen LogP contribution in [0.15, 0.2) is 24.4 Å². The van der Waals surface area contributed by atoms with Crippen LogP contribution in [0.1, 0.15) is 67.4 Å². The minimum atomic E-state index is -1.45. The van der Waals surface area contributed by atoms with Crippen molar-refractivity contribution < 1.29 is 19.6 Å². The first kappa shape index (κ1) is 22.1. The van der Waals surface area contributed by atoms with Crippen LogP contribution in [-0.4, -0.2) is 34.2 Å². The van der Waals surface area contributed by atoms with Crippen LogP contribution in [0.3, 0.4) is 0 Å². The number of carbonyl (C=O) groups is 1. The Morgan fingerprint density at radius 3 is 2.91 bits per heavy atom. The first-order chi connectivity index (χ1) is 15.3. The topological polar surface area (TPSA) is 91.7 Å². The van der Waals surface area contributed by atoms with E-state index in [4.69, 9.17) is 4.74 Å². The Morgan fingerprint density at radius 2 is 2.16 bits per heavy atom. The summed E-state index contributed by atoms with van der Waals surface area (Å²) in [4.78, 5) is 17.9. The average Bonchev–Trinajstić information content (AvgIpc) is 3.33. The zero-order valence-electron chi connectivity index (χ0n) is 18.7. The van der Waals surface area contributed by atoms with Crippen molar-refractivity contribution in [1.82, 2.24) is 4.98 Å². The number of hydrogen-bond donors (Lipinski definition) is 3. The summed E-state index contributed by atoms with van der Waals surface area (Å²) in [5, 5.41) is 22.7. The van der Waals surface area contributed by atoms with Crippen LogP contribution in [0, 0.1) is 24.2 Å². The van der Waals surface area contributed by atoms with Crippen LogP contribution in [0.25, 0.3) is 0 Å². The predicted octanol–water partition coefficient (Wildman–Crippen LogP) is 3.36. The van der Waals surface area contributed by atoms with Crippen LogP contribution in [0.2, 0.25) is 0 Å². The van der Waals surface area contributed by atoms with Gasteiger partial charge in [-0.2, -0.15) is 0 Å². The number of thiazole rings is 1. The van der Waals surface area contributed by atoms with E-state index in [0.29, 0.717) is 41.4 Å². The van der Waals surface area contributed by atoms with Gasteiger partial charge in [-0.25, -0.2) is 4.98 Å². The molecular formula is C24H31BN2O4S. The van der Waals surface area contributed by atoms with Gasteiger partial charge in [-0.05, 0) is 72.9 Å². The van der Waals surface area contributed by atoms with Crippen molar-refractivity contribution >= 4 is 35.0 Å². The molecule has 3 aliphatic rings. The first-order valence-corrected chi connectivity index (χ1v) is 12.5. The van der Waals surface area contributed by atoms with E-state index in [2.05, 4.69) is 23.3 Å². The highest BCUT2D eigenvalue weighted by molar-refractivity contribution is 7.15. The standard InChI is InChI=1S/C24H31BN2O4S/c1-14-12-26-23(32-14)27-20(28)6-3-15-7-9-24(2)10-8-19-18-5-4-17(25(29)30)11-16(18)13-31-22(19)21(15)24/h4-5,11-12,15,19,21-22,29-30H,3,6-10,13H2,1-2H3,(H,26,27,28)/t15-,19?,21?,22?,24-/m0/s1. The smallest absolute Gasteiger partial charge is 0.423 e. The average molecular weight is 454 g/mol. The quantitative estimate of drug-likeness (QED) is 0.603. The summed E-state index contributed by atoms with van der Waals surface area (Å²) in [5.74, 6) is 1.32. The number of benzene rings is 1. The lowest BCUT2D eigenvalue weighted by atomic mass is 9.60. The monoisotopic (exact) mass is 454 g/mol. The fraction of sp³-hybridized carbons (Fsp3) is 0.583. The fourth-order valence-corrected chi connectivity index (χ4v) is 7.21. The van der Waals surface area contributed by atoms with Gasteiger partial charge in [0.25, 0.3) is 0 Å². The largest absolute Gasteiger partial charge is 0.488 e. The van der Waals surface area contributed by atoms with Crippen molar-refractivity contribution in [2.45, 2.75) is 71.0 Å². The van der Waals surface area contributed by atoms with Gasteiger partial charge in [0.1, 0.15) is 0 Å². The zero-order valence-corrected chi connectivity index (χ0v) is 19.5. The Balaban J connectivity index is 1.30. The number of nitrogens with one attached hydrogen (secondary N) is 1. The second kappa shape index (κ2) is 8.56. The number of amides is 1. The Morgan fingerprint density at radius 1 is 1.34 bits per heavy atom. The van der Waals surface area contributed by atoms with Gasteiger partial charge in [-0.15, -0.1) is 11.3 Å². The van der Waals surface area contributed by atoms with E-state index >= 15 is 0 Å². The molecule has 1 aromatic heterocycles. The fourth-order valence-electron chi connectivity index (χ4n) is 6.53. The van der Waals surface area contributed by atoms with Crippen molar-refractivity contribution in [3.8, 4) is 0 Å². The first-order valence-electron chi connectivity index (χ1n) is 11.7. The lowest BCUT2D eigenvalue weighted by Gasteiger charge is -2.50. The highest BCUT2D eigenvalue weighted by Gasteiger charge is 2.55. The van der Waals surface area contributed by atoms with Gasteiger partial charge < -0.3 is 20.1 Å². The van der Waals surface area contributed by atoms with E-state index in [1.54, 1.807) is 6.20 Å². The Labute approximate surface area is 193 Å². The van der Waals surface area contributed by atoms with Crippen LogP contribution in [0.5, 0.6) is 0 Å². The Hall–Kier alpha value is -1.74. The maximum absolute atomic E-state index is 12.5. The molecule has 5 rings (SSSR count). The molecule has 2 aromatic rings. The summed E-state index contributed by atoms with van der Waals surface area (Å²) in [6, 6.07) is 5.78. The van der Waals surface area contributed by atoms with Gasteiger partial charge in [0, 0.05) is 23.4 Å². The second-order valence-corrected chi connectivity index (χ2v) is 11.3. The van der Waals surface area contributed by atoms with Crippen molar-refractivity contribution in [2.24, 2.45) is 17.3 Å². The molecule has 0 spiro atoms. The van der Waals surface area contributed by atoms with Crippen molar-refractivity contribution in [1.29, 1.82) is 0 Å². The summed E-state index contributed by atoms with van der Waals surface area (Å²) in [5.41, 5.74) is 3.17. The molecule has 3 unspecified atom stereocenters. The van der Waals surface area contributed by atoms with E-state index in [-0.39, 0.29) is 17.4 Å². The second-order valence-electron chi connectivity index (χ2n) is 10.1. The summed E-state index contributed by atoms with van der Waals surface area (Å²) >= 11 is 1.51. The lowest BCUT2D eigenvalue weighted by molar-refractivity contribution is -0.117. The molecule has 3 N–H and O–H groups in total. The van der Waals surface area contributed by atoms with Gasteiger partial charge in [-0.1, -0.05) is 25.1 Å². The van der Waals surface area contributed by atoms with E-state index in [1.807, 2.05) is 19.1 Å². The molecule has 5 atom stereocenters. The van der Waals surface area contributed by atoms with Gasteiger partial charge in [0.15, 0.2) is 5.13 Å². The molecule has 1 aliphatic heterocycles. The highest BCUT2D eigenvalue weighted by Crippen LogP contribution is 2.60. The Kier molecular flexibility index (Phi) is 5.90. The summed E-state index contributed by atoms with van der Waals surface area (Å²) in [7, 11) is -1.45. The number of hydrogen-bond acceptors (Lipinski definition) is 6. The maximum Gasteiger partial charge on any atom is 0.488 e. The molecule has 2 heterocycles. The number of carbonyl (C=O) groups excluding carboxylic acids is 1. The van der Waals surface area contributed by atoms with E-state index in [1.165, 1.54) is 29.7 Å². The van der Waals surface area contributed by atoms with Crippen molar-refractivity contribution in [2.75, 3.05) is 5.32 Å². The minimum absolute atomic E-state index is 0.0466. The van der Waals surface area contributed by atoms with Gasteiger partial charge in [0.2, 0.25) is 5.91 Å². The Bertz CT molecular complexity index is 1010. The van der Waals surface area contributed by atoms with E-state index in [0.717, 1.165) is 29.7 Å². The van der Waals surface area contributed by atoms with Crippen LogP contribution in [-0.2, 0) is 16.1 Å². The molecule has 0 saturated heterocycles. The molecule has 8 heteroatoms. The number of nitrogens with zero attached hydrogens (tertiary/aromatic N) is 1. The summed E-state index contributed by atoms with van der Waals surface area (Å²) in [6.45, 7) is 4.91. The molecule has 2 fully saturated rings. The summed E-state index contributed by atoms with van der Waals surface area (Å²) < 4.78 is 6.49. The molecule has 6 nitrogen and oxygen atoms in total. The SMILES string of the molecule is Cc1cnc(NC(=O)CC[C@H]2CC[C@@]3(C)CCC4c5ccc(B(O)O)cc5COC4C23)s1. The third-order valence-corrected chi connectivity index (χ3v) is 8.91. The molecule has 2 aliphatic carbocycles. The minimum Gasteiger partial charge on any atom is -0.423 e. The third-order valence-electron chi connectivity index (χ3n) is 8.08. The molecule has 1 amide bonds. The molecule has 2 saturated carbocycles. The number of rotatable bonds is 5. The molecule has 1 aromatic carbocycles. The molecular weight excluding hydrogens is 423 g/mol. The third kappa shape index (κ3) is 4.02. The normalized spacial score (nSPS) is 30.9. The van der Waals surface area contributed by atoms with Gasteiger partial charge >= 0.3 is 7.12 Å². The zero-order chi connectivity index (χ0) is 22.5. The van der Waals surface area contributed by atoms with Crippen molar-refractivity contribution in [3.05, 3.63) is 40.4 Å². The molecule has 32 heavy (non-hydrogen) atoms. The molecule has 0 radical (unpaired) electrons. The molecule has 0 bridgehead atoms. The lowest BCUT2D eigenvalue weighted by Crippen LogP contribution is -2.47. The van der Waals surface area contributed by atoms with E-state index in [9.17, 15) is 14.8 Å². The van der Waals surface area contributed by atoms with E-state index < -0.39 is 7.12 Å². The predicted molar refractivity (Wildman–Crippen MR) is 126 cm³/mol. The maximum atomic E-state index is 12.5. The molecule has 170 valence electrons.